The molecule has 0 saturated carbocycles. The van der Waals surface area contributed by atoms with Crippen molar-refractivity contribution in [2.75, 3.05) is 13.1 Å². The van der Waals surface area contributed by atoms with Crippen LogP contribution in [0.5, 0.6) is 0 Å². The maximum Gasteiger partial charge on any atom is 0.0381 e. The summed E-state index contributed by atoms with van der Waals surface area (Å²) in [6.45, 7) is 4.83. The number of thiocarbonyl (C=S) groups is 1. The third kappa shape index (κ3) is 8.04. The Labute approximate surface area is 126 Å². The fraction of sp³-hybridized carbons (Fsp3) is 0.941. The maximum atomic E-state index is 5.10. The molecule has 1 unspecified atom stereocenters. The molecule has 1 aliphatic rings. The van der Waals surface area contributed by atoms with Crippen LogP contribution in [-0.2, 0) is 0 Å². The normalized spacial score (nSPS) is 19.9. The molecule has 0 aliphatic carbocycles. The van der Waals surface area contributed by atoms with Crippen molar-refractivity contribution in [2.45, 2.75) is 90.0 Å². The van der Waals surface area contributed by atoms with E-state index in [1.165, 1.54) is 90.1 Å². The molecule has 0 aromatic carbocycles. The van der Waals surface area contributed by atoms with Crippen LogP contribution >= 0.6 is 12.2 Å². The molecule has 0 aromatic heterocycles. The summed E-state index contributed by atoms with van der Waals surface area (Å²) < 4.78 is 0. The predicted molar refractivity (Wildman–Crippen MR) is 90.1 cm³/mol. The van der Waals surface area contributed by atoms with Gasteiger partial charge in [0.1, 0.15) is 0 Å². The summed E-state index contributed by atoms with van der Waals surface area (Å²) >= 11 is 5.10. The number of unbranched alkanes of at least 4 members (excludes halogenated alkanes) is 9. The quantitative estimate of drug-likeness (QED) is 0.350. The first kappa shape index (κ1) is 17.1. The second-order valence-electron chi connectivity index (χ2n) is 6.06. The Morgan fingerprint density at radius 2 is 1.53 bits per heavy atom. The first-order chi connectivity index (χ1) is 9.38. The smallest absolute Gasteiger partial charge is 0.0381 e. The summed E-state index contributed by atoms with van der Waals surface area (Å²) in [5.74, 6) is 0. The molecular weight excluding hydrogens is 250 g/mol. The highest BCUT2D eigenvalue weighted by molar-refractivity contribution is 7.79. The van der Waals surface area contributed by atoms with E-state index in [-0.39, 0.29) is 0 Å². The van der Waals surface area contributed by atoms with Crippen molar-refractivity contribution in [1.82, 2.24) is 4.90 Å². The lowest BCUT2D eigenvalue weighted by atomic mass is 10.1. The van der Waals surface area contributed by atoms with Crippen molar-refractivity contribution < 1.29 is 0 Å². The highest BCUT2D eigenvalue weighted by Crippen LogP contribution is 2.17. The third-order valence-corrected chi connectivity index (χ3v) is 4.68. The highest BCUT2D eigenvalue weighted by atomic mass is 32.1. The van der Waals surface area contributed by atoms with Gasteiger partial charge in [-0.2, -0.15) is 0 Å². The maximum absolute atomic E-state index is 5.10. The van der Waals surface area contributed by atoms with Gasteiger partial charge in [-0.1, -0.05) is 76.9 Å². The van der Waals surface area contributed by atoms with Gasteiger partial charge < -0.3 is 0 Å². The van der Waals surface area contributed by atoms with Crippen LogP contribution in [0.1, 0.15) is 84.0 Å². The van der Waals surface area contributed by atoms with E-state index in [0.717, 1.165) is 0 Å². The van der Waals surface area contributed by atoms with Crippen molar-refractivity contribution in [3.05, 3.63) is 0 Å². The first-order valence-corrected chi connectivity index (χ1v) is 9.05. The minimum Gasteiger partial charge on any atom is -0.296 e. The summed E-state index contributed by atoms with van der Waals surface area (Å²) in [5, 5.41) is 1.98. The Kier molecular flexibility index (Phi) is 10.7. The Bertz CT molecular complexity index is 217. The molecule has 1 saturated heterocycles. The van der Waals surface area contributed by atoms with Gasteiger partial charge in [0.15, 0.2) is 0 Å². The van der Waals surface area contributed by atoms with Gasteiger partial charge in [-0.05, 0) is 37.7 Å². The molecule has 0 amide bonds. The lowest BCUT2D eigenvalue weighted by Crippen LogP contribution is -2.30. The van der Waals surface area contributed by atoms with Gasteiger partial charge in [0.25, 0.3) is 0 Å². The van der Waals surface area contributed by atoms with Gasteiger partial charge in [0.05, 0.1) is 0 Å². The zero-order valence-corrected chi connectivity index (χ0v) is 13.7. The van der Waals surface area contributed by atoms with E-state index in [1.54, 1.807) is 0 Å². The summed E-state index contributed by atoms with van der Waals surface area (Å²) in [7, 11) is 0. The van der Waals surface area contributed by atoms with Gasteiger partial charge in [-0.15, -0.1) is 0 Å². The van der Waals surface area contributed by atoms with Gasteiger partial charge in [-0.3, -0.25) is 4.90 Å². The molecule has 2 heteroatoms. The predicted octanol–water partition coefficient (Wildman–Crippen LogP) is 5.37. The largest absolute Gasteiger partial charge is 0.296 e. The molecule has 1 atom stereocenters. The summed E-state index contributed by atoms with van der Waals surface area (Å²) in [4.78, 5) is 2.58. The standard InChI is InChI=1S/C17H33NS/c1-2-3-4-5-6-7-8-9-10-11-14-18-15-12-13-17(18)16-19/h16-17H,2-15H2,1H3. The second kappa shape index (κ2) is 11.8. The van der Waals surface area contributed by atoms with Crippen LogP contribution in [-0.4, -0.2) is 29.4 Å². The molecule has 19 heavy (non-hydrogen) atoms. The molecule has 1 aliphatic heterocycles. The Balaban J connectivity index is 1.82. The number of likely N-dealkylation sites (tertiary alicyclic amines) is 1. The number of hydrogen-bond acceptors (Lipinski definition) is 2. The van der Waals surface area contributed by atoms with Crippen LogP contribution in [0.15, 0.2) is 0 Å². The van der Waals surface area contributed by atoms with E-state index in [1.807, 2.05) is 5.37 Å². The van der Waals surface area contributed by atoms with Crippen molar-refractivity contribution >= 4 is 17.6 Å². The Morgan fingerprint density at radius 1 is 0.947 bits per heavy atom. The number of hydrogen-bond donors (Lipinski definition) is 0. The van der Waals surface area contributed by atoms with Crippen molar-refractivity contribution in [3.63, 3.8) is 0 Å². The van der Waals surface area contributed by atoms with Gasteiger partial charge in [0, 0.05) is 6.04 Å². The fourth-order valence-electron chi connectivity index (χ4n) is 3.09. The van der Waals surface area contributed by atoms with Crippen LogP contribution in [0.25, 0.3) is 0 Å². The Morgan fingerprint density at radius 3 is 2.11 bits per heavy atom. The molecular formula is C17H33NS. The first-order valence-electron chi connectivity index (χ1n) is 8.58. The lowest BCUT2D eigenvalue weighted by Gasteiger charge is -2.20. The lowest BCUT2D eigenvalue weighted by molar-refractivity contribution is 0.298. The van der Waals surface area contributed by atoms with Crippen LogP contribution in [0.3, 0.4) is 0 Å². The van der Waals surface area contributed by atoms with Crippen LogP contribution in [0.4, 0.5) is 0 Å². The van der Waals surface area contributed by atoms with E-state index < -0.39 is 0 Å². The van der Waals surface area contributed by atoms with E-state index in [4.69, 9.17) is 12.2 Å². The monoisotopic (exact) mass is 283 g/mol. The van der Waals surface area contributed by atoms with Crippen molar-refractivity contribution in [2.24, 2.45) is 0 Å². The second-order valence-corrected chi connectivity index (χ2v) is 6.34. The van der Waals surface area contributed by atoms with Crippen LogP contribution in [0, 0.1) is 0 Å². The molecule has 0 N–H and O–H groups in total. The summed E-state index contributed by atoms with van der Waals surface area (Å²) in [5.41, 5.74) is 0. The minimum atomic E-state index is 0.605. The summed E-state index contributed by atoms with van der Waals surface area (Å²) in [6.07, 6.45) is 16.9. The van der Waals surface area contributed by atoms with Crippen molar-refractivity contribution in [1.29, 1.82) is 0 Å². The van der Waals surface area contributed by atoms with Gasteiger partial charge in [0.2, 0.25) is 0 Å². The average molecular weight is 284 g/mol. The van der Waals surface area contributed by atoms with Gasteiger partial charge in [-0.25, -0.2) is 0 Å². The zero-order chi connectivity index (χ0) is 13.8. The molecule has 0 bridgehead atoms. The Hall–Kier alpha value is 0.0500. The fourth-order valence-corrected chi connectivity index (χ4v) is 3.39. The van der Waals surface area contributed by atoms with Gasteiger partial charge >= 0.3 is 0 Å². The molecule has 1 heterocycles. The molecule has 0 aromatic rings. The van der Waals surface area contributed by atoms with Crippen molar-refractivity contribution in [3.8, 4) is 0 Å². The van der Waals surface area contributed by atoms with E-state index in [0.29, 0.717) is 6.04 Å². The highest BCUT2D eigenvalue weighted by Gasteiger charge is 2.21. The number of rotatable bonds is 12. The molecule has 1 rings (SSSR count). The average Bonchev–Trinajstić information content (AvgIpc) is 2.88. The number of nitrogens with zero attached hydrogens (tertiary/aromatic N) is 1. The van der Waals surface area contributed by atoms with Crippen LogP contribution in [0.2, 0.25) is 0 Å². The van der Waals surface area contributed by atoms with E-state index in [2.05, 4.69) is 11.8 Å². The summed E-state index contributed by atoms with van der Waals surface area (Å²) in [6, 6.07) is 0.605. The molecule has 1 fully saturated rings. The molecule has 1 nitrogen and oxygen atoms in total. The third-order valence-electron chi connectivity index (χ3n) is 4.37. The van der Waals surface area contributed by atoms with E-state index >= 15 is 0 Å². The van der Waals surface area contributed by atoms with Crippen LogP contribution < -0.4 is 0 Å². The molecule has 0 radical (unpaired) electrons. The van der Waals surface area contributed by atoms with E-state index in [9.17, 15) is 0 Å². The molecule has 112 valence electrons. The molecule has 0 spiro atoms. The zero-order valence-electron chi connectivity index (χ0n) is 12.9. The SMILES string of the molecule is CCCCCCCCCCCCN1CCCC1C=S. The minimum absolute atomic E-state index is 0.605. The topological polar surface area (TPSA) is 3.24 Å².